The first-order valence-corrected chi connectivity index (χ1v) is 8.47. The molecule has 0 spiro atoms. The highest BCUT2D eigenvalue weighted by Crippen LogP contribution is 2.18. The van der Waals surface area contributed by atoms with E-state index in [0.29, 0.717) is 16.0 Å². The highest BCUT2D eigenvalue weighted by atomic mass is 32.1. The zero-order chi connectivity index (χ0) is 17.1. The molecule has 0 atom stereocenters. The predicted octanol–water partition coefficient (Wildman–Crippen LogP) is 2.40. The Labute approximate surface area is 142 Å². The smallest absolute Gasteiger partial charge is 0.262 e. The van der Waals surface area contributed by atoms with Crippen molar-refractivity contribution in [1.29, 1.82) is 0 Å². The molecule has 1 N–H and O–H groups in total. The minimum absolute atomic E-state index is 0.128. The van der Waals surface area contributed by atoms with E-state index in [1.165, 1.54) is 22.2 Å². The molecule has 1 amide bonds. The van der Waals surface area contributed by atoms with Gasteiger partial charge in [0.05, 0.1) is 17.4 Å². The first-order chi connectivity index (χ1) is 11.6. The lowest BCUT2D eigenvalue weighted by molar-refractivity contribution is -0.116. The molecule has 24 heavy (non-hydrogen) atoms. The Morgan fingerprint density at radius 1 is 1.29 bits per heavy atom. The molecule has 7 nitrogen and oxygen atoms in total. The molecule has 0 saturated heterocycles. The number of hydrogen-bond donors (Lipinski definition) is 1. The van der Waals surface area contributed by atoms with Crippen molar-refractivity contribution >= 4 is 33.3 Å². The molecule has 3 aromatic rings. The fourth-order valence-electron chi connectivity index (χ4n) is 2.34. The van der Waals surface area contributed by atoms with Crippen molar-refractivity contribution in [2.75, 3.05) is 5.32 Å². The van der Waals surface area contributed by atoms with Crippen LogP contribution in [0.15, 0.2) is 35.0 Å². The molecule has 8 heteroatoms. The van der Waals surface area contributed by atoms with Crippen LogP contribution in [0.5, 0.6) is 0 Å². The van der Waals surface area contributed by atoms with Crippen LogP contribution in [0, 0.1) is 0 Å². The van der Waals surface area contributed by atoms with Gasteiger partial charge >= 0.3 is 0 Å². The highest BCUT2D eigenvalue weighted by molar-refractivity contribution is 7.16. The molecule has 0 unspecified atom stereocenters. The van der Waals surface area contributed by atoms with Crippen LogP contribution in [-0.4, -0.2) is 25.4 Å². The quantitative estimate of drug-likeness (QED) is 0.768. The van der Waals surface area contributed by atoms with Crippen LogP contribution in [-0.2, 0) is 11.3 Å². The van der Waals surface area contributed by atoms with Gasteiger partial charge in [-0.05, 0) is 17.4 Å². The lowest BCUT2D eigenvalue weighted by Crippen LogP contribution is -2.23. The number of nitrogens with one attached hydrogen (secondary N) is 1. The Kier molecular flexibility index (Phi) is 4.66. The summed E-state index contributed by atoms with van der Waals surface area (Å²) in [5, 5.41) is 5.18. The number of amides is 1. The van der Waals surface area contributed by atoms with E-state index in [0.717, 1.165) is 5.69 Å². The first kappa shape index (κ1) is 16.3. The van der Waals surface area contributed by atoms with Crippen molar-refractivity contribution in [3.8, 4) is 0 Å². The number of fused-ring (bicyclic) bond motifs is 1. The fourth-order valence-corrected chi connectivity index (χ4v) is 3.06. The van der Waals surface area contributed by atoms with Crippen LogP contribution in [0.3, 0.4) is 0 Å². The van der Waals surface area contributed by atoms with Crippen LogP contribution >= 0.6 is 11.3 Å². The molecule has 0 aliphatic rings. The molecule has 3 rings (SSSR count). The molecule has 0 saturated carbocycles. The normalized spacial score (nSPS) is 11.1. The second kappa shape index (κ2) is 6.88. The van der Waals surface area contributed by atoms with Crippen LogP contribution < -0.4 is 10.9 Å². The van der Waals surface area contributed by atoms with Crippen molar-refractivity contribution in [3.05, 3.63) is 46.2 Å². The van der Waals surface area contributed by atoms with E-state index in [1.54, 1.807) is 18.5 Å². The van der Waals surface area contributed by atoms with Crippen molar-refractivity contribution in [3.63, 3.8) is 0 Å². The molecule has 0 radical (unpaired) electrons. The van der Waals surface area contributed by atoms with E-state index in [1.807, 2.05) is 19.2 Å². The Hall–Kier alpha value is -2.61. The van der Waals surface area contributed by atoms with Gasteiger partial charge in [0.25, 0.3) is 5.56 Å². The van der Waals surface area contributed by atoms with Crippen molar-refractivity contribution in [1.82, 2.24) is 19.5 Å². The van der Waals surface area contributed by atoms with E-state index >= 15 is 0 Å². The summed E-state index contributed by atoms with van der Waals surface area (Å²) in [6.45, 7) is 4.24. The minimum atomic E-state index is -0.213. The third-order valence-corrected chi connectivity index (χ3v) is 4.38. The summed E-state index contributed by atoms with van der Waals surface area (Å²) in [5.41, 5.74) is 0.612. The van der Waals surface area contributed by atoms with Crippen molar-refractivity contribution in [2.45, 2.75) is 32.7 Å². The molecule has 3 heterocycles. The van der Waals surface area contributed by atoms with Gasteiger partial charge in [-0.25, -0.2) is 9.97 Å². The van der Waals surface area contributed by atoms with Gasteiger partial charge in [0.15, 0.2) is 5.82 Å². The standard InChI is InChI=1S/C16H17N5O2S/c1-10(2)13-14(18-6-5-17-13)20-12(22)3-7-21-9-19-15-11(16(21)23)4-8-24-15/h4-6,8-10H,3,7H2,1-2H3,(H,18,20,22). The number of nitrogens with zero attached hydrogens (tertiary/aromatic N) is 4. The Balaban J connectivity index is 1.69. The van der Waals surface area contributed by atoms with Crippen LogP contribution in [0.2, 0.25) is 0 Å². The number of rotatable bonds is 5. The molecule has 3 aromatic heterocycles. The van der Waals surface area contributed by atoms with E-state index in [9.17, 15) is 9.59 Å². The van der Waals surface area contributed by atoms with Gasteiger partial charge in [0.2, 0.25) is 5.91 Å². The molecule has 0 aliphatic carbocycles. The van der Waals surface area contributed by atoms with E-state index in [4.69, 9.17) is 0 Å². The second-order valence-corrected chi connectivity index (χ2v) is 6.52. The molecule has 0 fully saturated rings. The van der Waals surface area contributed by atoms with Gasteiger partial charge in [-0.3, -0.25) is 19.1 Å². The summed E-state index contributed by atoms with van der Waals surface area (Å²) in [6, 6.07) is 1.75. The van der Waals surface area contributed by atoms with Gasteiger partial charge in [0, 0.05) is 25.4 Å². The Morgan fingerprint density at radius 2 is 2.08 bits per heavy atom. The number of carbonyl (C=O) groups is 1. The number of aromatic nitrogens is 4. The predicted molar refractivity (Wildman–Crippen MR) is 93.2 cm³/mol. The summed E-state index contributed by atoms with van der Waals surface area (Å²) >= 11 is 1.42. The zero-order valence-corrected chi connectivity index (χ0v) is 14.2. The number of thiophene rings is 1. The number of carbonyl (C=O) groups excluding carboxylic acids is 1. The molecule has 0 bridgehead atoms. The highest BCUT2D eigenvalue weighted by Gasteiger charge is 2.13. The lowest BCUT2D eigenvalue weighted by atomic mass is 10.1. The van der Waals surface area contributed by atoms with Gasteiger partial charge in [-0.1, -0.05) is 13.8 Å². The van der Waals surface area contributed by atoms with Crippen LogP contribution in [0.4, 0.5) is 5.82 Å². The molecular formula is C16H17N5O2S. The van der Waals surface area contributed by atoms with Crippen LogP contribution in [0.1, 0.15) is 31.9 Å². The average molecular weight is 343 g/mol. The summed E-state index contributed by atoms with van der Waals surface area (Å²) in [6.07, 6.45) is 4.79. The second-order valence-electron chi connectivity index (χ2n) is 5.63. The summed E-state index contributed by atoms with van der Waals surface area (Å²) in [7, 11) is 0. The van der Waals surface area contributed by atoms with E-state index < -0.39 is 0 Å². The number of aryl methyl sites for hydroxylation is 1. The number of hydrogen-bond acceptors (Lipinski definition) is 6. The van der Waals surface area contributed by atoms with E-state index in [2.05, 4.69) is 20.3 Å². The summed E-state index contributed by atoms with van der Waals surface area (Å²) < 4.78 is 1.45. The van der Waals surface area contributed by atoms with Gasteiger partial charge < -0.3 is 5.32 Å². The fraction of sp³-hybridized carbons (Fsp3) is 0.312. The topological polar surface area (TPSA) is 89.8 Å². The Bertz CT molecular complexity index is 931. The molecule has 0 aromatic carbocycles. The Morgan fingerprint density at radius 3 is 2.88 bits per heavy atom. The molecule has 0 aliphatic heterocycles. The van der Waals surface area contributed by atoms with Gasteiger partial charge in [-0.15, -0.1) is 11.3 Å². The largest absolute Gasteiger partial charge is 0.309 e. The monoisotopic (exact) mass is 343 g/mol. The maximum absolute atomic E-state index is 12.3. The third kappa shape index (κ3) is 3.33. The summed E-state index contributed by atoms with van der Waals surface area (Å²) in [5.74, 6) is 0.410. The molecule has 124 valence electrons. The zero-order valence-electron chi connectivity index (χ0n) is 13.4. The third-order valence-electron chi connectivity index (χ3n) is 3.56. The van der Waals surface area contributed by atoms with Gasteiger partial charge in [-0.2, -0.15) is 0 Å². The molecular weight excluding hydrogens is 326 g/mol. The van der Waals surface area contributed by atoms with Gasteiger partial charge in [0.1, 0.15) is 4.83 Å². The number of anilines is 1. The average Bonchev–Trinajstić information content (AvgIpc) is 3.04. The van der Waals surface area contributed by atoms with Crippen molar-refractivity contribution in [2.24, 2.45) is 0 Å². The van der Waals surface area contributed by atoms with E-state index in [-0.39, 0.29) is 30.3 Å². The van der Waals surface area contributed by atoms with Crippen molar-refractivity contribution < 1.29 is 4.79 Å². The summed E-state index contributed by atoms with van der Waals surface area (Å²) in [4.78, 5) is 37.8. The lowest BCUT2D eigenvalue weighted by Gasteiger charge is -2.11. The minimum Gasteiger partial charge on any atom is -0.309 e. The maximum Gasteiger partial charge on any atom is 0.262 e. The van der Waals surface area contributed by atoms with Crippen LogP contribution in [0.25, 0.3) is 10.2 Å². The first-order valence-electron chi connectivity index (χ1n) is 7.59. The maximum atomic E-state index is 12.3. The SMILES string of the molecule is CC(C)c1nccnc1NC(=O)CCn1cnc2sccc2c1=O.